The predicted molar refractivity (Wildman–Crippen MR) is 102 cm³/mol. The first-order valence-electron chi connectivity index (χ1n) is 8.96. The van der Waals surface area contributed by atoms with Crippen molar-refractivity contribution in [2.24, 2.45) is 0 Å². The molecule has 2 aromatic rings. The third-order valence-corrected chi connectivity index (χ3v) is 4.95. The molecule has 0 saturated heterocycles. The summed E-state index contributed by atoms with van der Waals surface area (Å²) in [5.41, 5.74) is 2.84. The minimum Gasteiger partial charge on any atom is -0.509 e. The lowest BCUT2D eigenvalue weighted by Crippen LogP contribution is -2.33. The van der Waals surface area contributed by atoms with Gasteiger partial charge in [-0.2, -0.15) is 0 Å². The van der Waals surface area contributed by atoms with Gasteiger partial charge in [0.25, 0.3) is 5.91 Å². The molecular formula is C22H20N2O3. The van der Waals surface area contributed by atoms with Crippen LogP contribution in [0.3, 0.4) is 0 Å². The minimum atomic E-state index is -0.483. The highest BCUT2D eigenvalue weighted by atomic mass is 16.3. The van der Waals surface area contributed by atoms with E-state index >= 15 is 0 Å². The maximum atomic E-state index is 12.6. The van der Waals surface area contributed by atoms with Gasteiger partial charge in [-0.25, -0.2) is 0 Å². The third-order valence-electron chi connectivity index (χ3n) is 4.95. The van der Waals surface area contributed by atoms with E-state index < -0.39 is 6.04 Å². The molecule has 136 valence electrons. The first-order valence-corrected chi connectivity index (χ1v) is 8.96. The Labute approximate surface area is 157 Å². The molecule has 5 heteroatoms. The molecule has 3 N–H and O–H groups in total. The molecule has 2 aromatic carbocycles. The van der Waals surface area contributed by atoms with Crippen LogP contribution in [0.1, 0.15) is 11.1 Å². The number of benzene rings is 2. The second kappa shape index (κ2) is 7.11. The molecule has 0 bridgehead atoms. The SMILES string of the molecule is O=C1C=C(C2=C(O)[C@H](Cc3ccccc3)NC2=O)[C@H](Cc2ccccc2)N1. The zero-order valence-electron chi connectivity index (χ0n) is 14.7. The lowest BCUT2D eigenvalue weighted by atomic mass is 9.93. The average molecular weight is 360 g/mol. The van der Waals surface area contributed by atoms with Crippen LogP contribution in [0, 0.1) is 0 Å². The highest BCUT2D eigenvalue weighted by molar-refractivity contribution is 6.05. The Balaban J connectivity index is 1.60. The van der Waals surface area contributed by atoms with E-state index in [2.05, 4.69) is 10.6 Å². The fourth-order valence-electron chi connectivity index (χ4n) is 3.66. The van der Waals surface area contributed by atoms with Crippen LogP contribution in [-0.2, 0) is 22.4 Å². The van der Waals surface area contributed by atoms with Crippen molar-refractivity contribution in [2.75, 3.05) is 0 Å². The van der Waals surface area contributed by atoms with E-state index in [1.807, 2.05) is 60.7 Å². The van der Waals surface area contributed by atoms with Gasteiger partial charge in [-0.1, -0.05) is 60.7 Å². The maximum Gasteiger partial charge on any atom is 0.255 e. The summed E-state index contributed by atoms with van der Waals surface area (Å²) in [7, 11) is 0. The molecule has 2 heterocycles. The van der Waals surface area contributed by atoms with Gasteiger partial charge in [0.05, 0.1) is 17.7 Å². The van der Waals surface area contributed by atoms with Gasteiger partial charge in [-0.05, 0) is 29.5 Å². The van der Waals surface area contributed by atoms with Crippen molar-refractivity contribution in [3.8, 4) is 0 Å². The first-order chi connectivity index (χ1) is 13.1. The van der Waals surface area contributed by atoms with Gasteiger partial charge in [-0.15, -0.1) is 0 Å². The highest BCUT2D eigenvalue weighted by Crippen LogP contribution is 2.29. The molecule has 0 aliphatic carbocycles. The van der Waals surface area contributed by atoms with Gasteiger partial charge in [0.15, 0.2) is 0 Å². The molecule has 0 saturated carbocycles. The molecular weight excluding hydrogens is 340 g/mol. The van der Waals surface area contributed by atoms with E-state index in [0.717, 1.165) is 11.1 Å². The number of carbonyl (C=O) groups excluding carboxylic acids is 2. The van der Waals surface area contributed by atoms with Gasteiger partial charge in [-0.3, -0.25) is 9.59 Å². The van der Waals surface area contributed by atoms with Crippen molar-refractivity contribution in [3.05, 3.63) is 94.8 Å². The molecule has 5 nitrogen and oxygen atoms in total. The lowest BCUT2D eigenvalue weighted by molar-refractivity contribution is -0.117. The van der Waals surface area contributed by atoms with E-state index in [-0.39, 0.29) is 29.2 Å². The Hall–Kier alpha value is -3.34. The highest BCUT2D eigenvalue weighted by Gasteiger charge is 2.38. The number of hydrogen-bond donors (Lipinski definition) is 3. The summed E-state index contributed by atoms with van der Waals surface area (Å²) >= 11 is 0. The van der Waals surface area contributed by atoms with Gasteiger partial charge < -0.3 is 15.7 Å². The standard InChI is InChI=1S/C22H20N2O3/c25-19-13-16(17(23-19)11-14-7-3-1-4-8-14)20-21(26)18(24-22(20)27)12-15-9-5-2-6-10-15/h1-10,13,17-18,26H,11-12H2,(H,23,25)(H,24,27)/t17-,18-/m0/s1. The van der Waals surface area contributed by atoms with E-state index in [0.29, 0.717) is 18.4 Å². The van der Waals surface area contributed by atoms with Crippen LogP contribution >= 0.6 is 0 Å². The molecule has 4 rings (SSSR count). The van der Waals surface area contributed by atoms with Crippen LogP contribution in [0.4, 0.5) is 0 Å². The van der Waals surface area contributed by atoms with Crippen LogP contribution in [-0.4, -0.2) is 29.0 Å². The molecule has 0 unspecified atom stereocenters. The van der Waals surface area contributed by atoms with Crippen molar-refractivity contribution < 1.29 is 14.7 Å². The Kier molecular flexibility index (Phi) is 4.50. The number of aliphatic hydroxyl groups excluding tert-OH is 1. The molecule has 2 aliphatic rings. The van der Waals surface area contributed by atoms with Crippen LogP contribution in [0.2, 0.25) is 0 Å². The molecule has 0 radical (unpaired) electrons. The molecule has 0 spiro atoms. The van der Waals surface area contributed by atoms with Crippen molar-refractivity contribution in [2.45, 2.75) is 24.9 Å². The van der Waals surface area contributed by atoms with Gasteiger partial charge in [0.2, 0.25) is 5.91 Å². The van der Waals surface area contributed by atoms with Crippen molar-refractivity contribution in [1.29, 1.82) is 0 Å². The monoisotopic (exact) mass is 360 g/mol. The Morgan fingerprint density at radius 1 is 0.778 bits per heavy atom. The molecule has 0 aromatic heterocycles. The predicted octanol–water partition coefficient (Wildman–Crippen LogP) is 2.21. The van der Waals surface area contributed by atoms with Crippen LogP contribution in [0.5, 0.6) is 0 Å². The minimum absolute atomic E-state index is 0.00432. The van der Waals surface area contributed by atoms with E-state index in [4.69, 9.17) is 0 Å². The topological polar surface area (TPSA) is 78.4 Å². The summed E-state index contributed by atoms with van der Waals surface area (Å²) in [6.07, 6.45) is 2.48. The fourth-order valence-corrected chi connectivity index (χ4v) is 3.66. The van der Waals surface area contributed by atoms with Crippen LogP contribution < -0.4 is 10.6 Å². The summed E-state index contributed by atoms with van der Waals surface area (Å²) in [6.45, 7) is 0. The van der Waals surface area contributed by atoms with E-state index in [9.17, 15) is 14.7 Å². The van der Waals surface area contributed by atoms with E-state index in [1.54, 1.807) is 0 Å². The second-order valence-corrected chi connectivity index (χ2v) is 6.83. The maximum absolute atomic E-state index is 12.6. The molecule has 0 fully saturated rings. The van der Waals surface area contributed by atoms with Crippen LogP contribution in [0.15, 0.2) is 83.6 Å². The summed E-state index contributed by atoms with van der Waals surface area (Å²) in [5, 5.41) is 16.4. The average Bonchev–Trinajstić information content (AvgIpc) is 3.15. The first kappa shape index (κ1) is 17.1. The van der Waals surface area contributed by atoms with Gasteiger partial charge >= 0.3 is 0 Å². The zero-order chi connectivity index (χ0) is 18.8. The molecule has 27 heavy (non-hydrogen) atoms. The van der Waals surface area contributed by atoms with Crippen molar-refractivity contribution in [3.63, 3.8) is 0 Å². The molecule has 2 amide bonds. The smallest absolute Gasteiger partial charge is 0.255 e. The number of hydrogen-bond acceptors (Lipinski definition) is 3. The van der Waals surface area contributed by atoms with Crippen LogP contribution in [0.25, 0.3) is 0 Å². The quantitative estimate of drug-likeness (QED) is 0.765. The lowest BCUT2D eigenvalue weighted by Gasteiger charge is -2.16. The molecule has 2 atom stereocenters. The van der Waals surface area contributed by atoms with Crippen molar-refractivity contribution >= 4 is 11.8 Å². The summed E-state index contributed by atoms with van der Waals surface area (Å²) in [6, 6.07) is 18.6. The Bertz CT molecular complexity index is 933. The Morgan fingerprint density at radius 3 is 1.93 bits per heavy atom. The Morgan fingerprint density at radius 2 is 1.33 bits per heavy atom. The summed E-state index contributed by atoms with van der Waals surface area (Å²) < 4.78 is 0. The van der Waals surface area contributed by atoms with Crippen molar-refractivity contribution in [1.82, 2.24) is 10.6 Å². The largest absolute Gasteiger partial charge is 0.509 e. The van der Waals surface area contributed by atoms with Gasteiger partial charge in [0.1, 0.15) is 5.76 Å². The fraction of sp³-hybridized carbons (Fsp3) is 0.182. The number of nitrogens with one attached hydrogen (secondary N) is 2. The number of carbonyl (C=O) groups is 2. The zero-order valence-corrected chi connectivity index (χ0v) is 14.7. The normalized spacial score (nSPS) is 21.9. The van der Waals surface area contributed by atoms with E-state index in [1.165, 1.54) is 6.08 Å². The number of rotatable bonds is 5. The number of amides is 2. The summed E-state index contributed by atoms with van der Waals surface area (Å²) in [4.78, 5) is 24.5. The second-order valence-electron chi connectivity index (χ2n) is 6.83. The van der Waals surface area contributed by atoms with Gasteiger partial charge in [0, 0.05) is 6.08 Å². The third kappa shape index (κ3) is 3.49. The number of aliphatic hydroxyl groups is 1. The molecule has 2 aliphatic heterocycles. The summed E-state index contributed by atoms with van der Waals surface area (Å²) in [5.74, 6) is -0.579.